The van der Waals surface area contributed by atoms with Gasteiger partial charge in [0.15, 0.2) is 0 Å². The van der Waals surface area contributed by atoms with Crippen LogP contribution in [0.15, 0.2) is 42.5 Å². The van der Waals surface area contributed by atoms with Gasteiger partial charge < -0.3 is 25.8 Å². The summed E-state index contributed by atoms with van der Waals surface area (Å²) in [6.07, 6.45) is 7.24. The van der Waals surface area contributed by atoms with E-state index in [1.54, 1.807) is 0 Å². The number of hydrogen-bond donors (Lipinski definition) is 3. The summed E-state index contributed by atoms with van der Waals surface area (Å²) >= 11 is 0. The molecule has 1 unspecified atom stereocenters. The number of carbonyl (C=O) groups is 1. The number of nitrogen functional groups attached to an aromatic ring is 1. The summed E-state index contributed by atoms with van der Waals surface area (Å²) in [6, 6.07) is 14.5. The smallest absolute Gasteiger partial charge is 0.253 e. The van der Waals surface area contributed by atoms with E-state index in [0.29, 0.717) is 24.7 Å². The van der Waals surface area contributed by atoms with Crippen molar-refractivity contribution in [3.8, 4) is 0 Å². The molecule has 1 aromatic heterocycles. The minimum atomic E-state index is 0.0278. The summed E-state index contributed by atoms with van der Waals surface area (Å²) in [4.78, 5) is 22.7. The van der Waals surface area contributed by atoms with E-state index >= 15 is 0 Å². The Morgan fingerprint density at radius 3 is 2.55 bits per heavy atom. The van der Waals surface area contributed by atoms with Crippen LogP contribution in [0.4, 0.5) is 0 Å². The Bertz CT molecular complexity index is 1230. The summed E-state index contributed by atoms with van der Waals surface area (Å²) in [6.45, 7) is 5.95. The topological polar surface area (TPSA) is 117 Å². The van der Waals surface area contributed by atoms with Gasteiger partial charge in [0.25, 0.3) is 5.91 Å². The van der Waals surface area contributed by atoms with Gasteiger partial charge in [-0.2, -0.15) is 0 Å². The predicted molar refractivity (Wildman–Crippen MR) is 155 cm³/mol. The van der Waals surface area contributed by atoms with Crippen LogP contribution in [0.1, 0.15) is 66.3 Å². The van der Waals surface area contributed by atoms with Gasteiger partial charge in [0.05, 0.1) is 11.0 Å². The molecule has 38 heavy (non-hydrogen) atoms. The minimum Gasteiger partial charge on any atom is -0.384 e. The molecule has 1 saturated heterocycles. The van der Waals surface area contributed by atoms with Crippen molar-refractivity contribution in [3.63, 3.8) is 0 Å². The summed E-state index contributed by atoms with van der Waals surface area (Å²) in [7, 11) is 2.22. The Kier molecular flexibility index (Phi) is 9.53. The zero-order valence-corrected chi connectivity index (χ0v) is 23.0. The number of aryl methyl sites for hydroxylation is 3. The normalized spacial score (nSPS) is 15.8. The molecule has 3 aromatic rings. The van der Waals surface area contributed by atoms with Crippen LogP contribution in [0, 0.1) is 5.41 Å². The maximum Gasteiger partial charge on any atom is 0.253 e. The molecule has 1 aliphatic heterocycles. The van der Waals surface area contributed by atoms with E-state index in [1.807, 2.05) is 41.3 Å². The van der Waals surface area contributed by atoms with E-state index in [2.05, 4.69) is 29.5 Å². The third-order valence-electron chi connectivity index (χ3n) is 7.80. The van der Waals surface area contributed by atoms with Crippen LogP contribution in [0.25, 0.3) is 11.0 Å². The number of carbonyl (C=O) groups excluding carboxylic acids is 1. The average Bonchev–Trinajstić information content (AvgIpc) is 3.50. The summed E-state index contributed by atoms with van der Waals surface area (Å²) in [5, 5.41) is 7.62. The van der Waals surface area contributed by atoms with E-state index in [1.165, 1.54) is 24.9 Å². The molecule has 4 rings (SSSR count). The number of likely N-dealkylation sites (tertiary alicyclic amines) is 1. The first-order valence-electron chi connectivity index (χ1n) is 14.0. The lowest BCUT2D eigenvalue weighted by Crippen LogP contribution is -2.36. The fourth-order valence-corrected chi connectivity index (χ4v) is 5.48. The van der Waals surface area contributed by atoms with Gasteiger partial charge in [-0.25, -0.2) is 4.98 Å². The number of unbranched alkanes of at least 4 members (excludes halogenated alkanes) is 1. The molecule has 1 fully saturated rings. The van der Waals surface area contributed by atoms with Gasteiger partial charge in [0.2, 0.25) is 0 Å². The summed E-state index contributed by atoms with van der Waals surface area (Å²) in [5.41, 5.74) is 16.0. The van der Waals surface area contributed by atoms with Crippen molar-refractivity contribution in [1.29, 1.82) is 5.41 Å². The number of nitrogens with zero attached hydrogens (tertiary/aromatic N) is 4. The molecule has 2 aromatic carbocycles. The van der Waals surface area contributed by atoms with Crippen LogP contribution in [-0.2, 0) is 19.4 Å². The van der Waals surface area contributed by atoms with E-state index in [-0.39, 0.29) is 11.7 Å². The molecular formula is C30H43N7O. The number of benzene rings is 2. The van der Waals surface area contributed by atoms with Crippen molar-refractivity contribution in [3.05, 3.63) is 65.0 Å². The van der Waals surface area contributed by atoms with Crippen LogP contribution < -0.4 is 11.5 Å². The molecule has 0 spiro atoms. The van der Waals surface area contributed by atoms with Crippen LogP contribution in [0.5, 0.6) is 0 Å². The number of fused-ring (bicyclic) bond motifs is 1. The van der Waals surface area contributed by atoms with E-state index in [9.17, 15) is 4.79 Å². The molecule has 1 atom stereocenters. The van der Waals surface area contributed by atoms with E-state index < -0.39 is 0 Å². The molecule has 1 amide bonds. The first kappa shape index (κ1) is 27.8. The van der Waals surface area contributed by atoms with Crippen LogP contribution >= 0.6 is 0 Å². The summed E-state index contributed by atoms with van der Waals surface area (Å²) < 4.78 is 2.36. The maximum absolute atomic E-state index is 13.3. The summed E-state index contributed by atoms with van der Waals surface area (Å²) in [5.74, 6) is 1.16. The molecular weight excluding hydrogens is 474 g/mol. The molecule has 0 aliphatic carbocycles. The number of amides is 1. The van der Waals surface area contributed by atoms with Gasteiger partial charge in [-0.15, -0.1) is 0 Å². The molecule has 8 heteroatoms. The van der Waals surface area contributed by atoms with Gasteiger partial charge in [0.1, 0.15) is 11.7 Å². The van der Waals surface area contributed by atoms with Crippen molar-refractivity contribution in [1.82, 2.24) is 19.4 Å². The fraction of sp³-hybridized carbons (Fsp3) is 0.500. The lowest BCUT2D eigenvalue weighted by atomic mass is 10.1. The van der Waals surface area contributed by atoms with Gasteiger partial charge in [-0.05, 0) is 69.5 Å². The Labute approximate surface area is 226 Å². The minimum absolute atomic E-state index is 0.0278. The molecule has 8 nitrogen and oxygen atoms in total. The molecule has 0 saturated carbocycles. The monoisotopic (exact) mass is 517 g/mol. The zero-order chi connectivity index (χ0) is 27.1. The van der Waals surface area contributed by atoms with Gasteiger partial charge >= 0.3 is 0 Å². The molecule has 0 radical (unpaired) electrons. The van der Waals surface area contributed by atoms with Crippen LogP contribution in [0.3, 0.4) is 0 Å². The average molecular weight is 518 g/mol. The second kappa shape index (κ2) is 13.0. The van der Waals surface area contributed by atoms with E-state index in [4.69, 9.17) is 21.9 Å². The second-order valence-corrected chi connectivity index (χ2v) is 10.5. The van der Waals surface area contributed by atoms with Gasteiger partial charge in [-0.3, -0.25) is 10.2 Å². The van der Waals surface area contributed by atoms with Crippen molar-refractivity contribution < 1.29 is 4.79 Å². The quantitative estimate of drug-likeness (QED) is 0.236. The third kappa shape index (κ3) is 6.60. The molecule has 2 heterocycles. The third-order valence-corrected chi connectivity index (χ3v) is 7.80. The zero-order valence-electron chi connectivity index (χ0n) is 23.0. The Morgan fingerprint density at radius 1 is 1.13 bits per heavy atom. The van der Waals surface area contributed by atoms with Crippen molar-refractivity contribution >= 4 is 22.8 Å². The number of nitrogens with one attached hydrogen (secondary N) is 1. The van der Waals surface area contributed by atoms with E-state index in [0.717, 1.165) is 67.6 Å². The molecule has 0 bridgehead atoms. The van der Waals surface area contributed by atoms with Crippen LogP contribution in [0.2, 0.25) is 0 Å². The van der Waals surface area contributed by atoms with Crippen molar-refractivity contribution in [2.75, 3.05) is 33.2 Å². The number of hydrogen-bond acceptors (Lipinski definition) is 5. The fourth-order valence-electron chi connectivity index (χ4n) is 5.48. The highest BCUT2D eigenvalue weighted by Crippen LogP contribution is 2.24. The lowest BCUT2D eigenvalue weighted by molar-refractivity contribution is 0.0758. The standard InChI is InChI=1S/C30H43N7O/c1-3-4-18-36(20-16-31)30(38)24-12-13-27-26(21-24)34-28(37(27)19-15-25-6-5-17-35(25)2)14-9-22-7-10-23(11-8-22)29(32)33/h7-8,10-13,21,25H,3-6,9,14-20,31H2,1-2H3,(H3,32,33). The predicted octanol–water partition coefficient (Wildman–Crippen LogP) is 3.79. The second-order valence-electron chi connectivity index (χ2n) is 10.5. The number of nitrogens with two attached hydrogens (primary N) is 2. The molecule has 5 N–H and O–H groups in total. The SMILES string of the molecule is CCCCN(CCN)C(=O)c1ccc2c(c1)nc(CCc1ccc(C(=N)N)cc1)n2CCC1CCCN1C. The number of amidine groups is 1. The molecule has 1 aliphatic rings. The Morgan fingerprint density at radius 2 is 1.89 bits per heavy atom. The van der Waals surface area contributed by atoms with Crippen molar-refractivity contribution in [2.45, 2.75) is 64.5 Å². The Balaban J connectivity index is 1.59. The number of rotatable bonds is 13. The Hall–Kier alpha value is -3.23. The number of imidazole rings is 1. The van der Waals surface area contributed by atoms with Crippen molar-refractivity contribution in [2.24, 2.45) is 11.5 Å². The maximum atomic E-state index is 13.3. The first-order valence-corrected chi connectivity index (χ1v) is 14.0. The highest BCUT2D eigenvalue weighted by molar-refractivity contribution is 5.97. The first-order chi connectivity index (χ1) is 18.4. The van der Waals surface area contributed by atoms with Crippen LogP contribution in [-0.4, -0.2) is 70.4 Å². The highest BCUT2D eigenvalue weighted by Gasteiger charge is 2.22. The number of aromatic nitrogens is 2. The highest BCUT2D eigenvalue weighted by atomic mass is 16.2. The van der Waals surface area contributed by atoms with Gasteiger partial charge in [-0.1, -0.05) is 37.6 Å². The molecule has 204 valence electrons. The van der Waals surface area contributed by atoms with Gasteiger partial charge in [0, 0.05) is 49.8 Å². The lowest BCUT2D eigenvalue weighted by Gasteiger charge is -2.22. The largest absolute Gasteiger partial charge is 0.384 e.